The lowest BCUT2D eigenvalue weighted by Crippen LogP contribution is -2.40. The summed E-state index contributed by atoms with van der Waals surface area (Å²) in [4.78, 5) is 10.6. The molecule has 0 atom stereocenters. The number of rotatable bonds is 6. The Labute approximate surface area is 160 Å². The van der Waals surface area contributed by atoms with Crippen LogP contribution >= 0.6 is 15.9 Å². The van der Waals surface area contributed by atoms with Crippen LogP contribution in [0.25, 0.3) is 0 Å². The van der Waals surface area contributed by atoms with E-state index in [4.69, 9.17) is 9.47 Å². The summed E-state index contributed by atoms with van der Waals surface area (Å²) in [6.07, 6.45) is 1.83. The molecule has 1 aliphatic heterocycles. The average molecular weight is 421 g/mol. The first kappa shape index (κ1) is 18.7. The molecule has 6 nitrogen and oxygen atoms in total. The number of benzene rings is 2. The van der Waals surface area contributed by atoms with Gasteiger partial charge in [0.05, 0.1) is 12.0 Å². The van der Waals surface area contributed by atoms with E-state index in [9.17, 15) is 10.1 Å². The van der Waals surface area contributed by atoms with Crippen LogP contribution in [-0.4, -0.2) is 31.8 Å². The van der Waals surface area contributed by atoms with E-state index in [1.165, 1.54) is 18.7 Å². The number of hydrogen-bond acceptors (Lipinski definition) is 5. The molecule has 0 radical (unpaired) electrons. The van der Waals surface area contributed by atoms with E-state index in [1.807, 2.05) is 12.1 Å². The van der Waals surface area contributed by atoms with Crippen LogP contribution in [0.2, 0.25) is 0 Å². The highest BCUT2D eigenvalue weighted by molar-refractivity contribution is 9.10. The van der Waals surface area contributed by atoms with Crippen molar-refractivity contribution in [3.63, 3.8) is 0 Å². The quantitative estimate of drug-likeness (QED) is 0.548. The number of nitrogens with one attached hydrogen (secondary N) is 1. The lowest BCUT2D eigenvalue weighted by Gasteiger charge is -2.38. The third-order valence-electron chi connectivity index (χ3n) is 4.89. The first-order chi connectivity index (χ1) is 12.5. The van der Waals surface area contributed by atoms with Gasteiger partial charge in [-0.25, -0.2) is 0 Å². The Bertz CT molecular complexity index is 791. The Kier molecular flexibility index (Phi) is 5.78. The van der Waals surface area contributed by atoms with Crippen LogP contribution < -0.4 is 10.1 Å². The number of anilines is 1. The summed E-state index contributed by atoms with van der Waals surface area (Å²) in [6.45, 7) is 2.16. The van der Waals surface area contributed by atoms with E-state index in [1.54, 1.807) is 12.1 Å². The summed E-state index contributed by atoms with van der Waals surface area (Å²) in [5.41, 5.74) is 1.98. The van der Waals surface area contributed by atoms with E-state index in [0.717, 1.165) is 36.2 Å². The van der Waals surface area contributed by atoms with Crippen LogP contribution in [-0.2, 0) is 10.2 Å². The third kappa shape index (κ3) is 3.99. The van der Waals surface area contributed by atoms with Gasteiger partial charge in [0.2, 0.25) is 0 Å². The zero-order chi connectivity index (χ0) is 18.6. The molecule has 138 valence electrons. The van der Waals surface area contributed by atoms with Gasteiger partial charge in [0.1, 0.15) is 0 Å². The molecule has 0 unspecified atom stereocenters. The predicted octanol–water partition coefficient (Wildman–Crippen LogP) is 4.53. The molecule has 7 heteroatoms. The number of hydrogen-bond donors (Lipinski definition) is 1. The summed E-state index contributed by atoms with van der Waals surface area (Å²) >= 11 is 3.56. The van der Waals surface area contributed by atoms with Gasteiger partial charge in [-0.15, -0.1) is 0 Å². The van der Waals surface area contributed by atoms with E-state index in [2.05, 4.69) is 33.4 Å². The van der Waals surface area contributed by atoms with Crippen molar-refractivity contribution in [3.05, 3.63) is 62.6 Å². The fourth-order valence-electron chi connectivity index (χ4n) is 3.36. The van der Waals surface area contributed by atoms with Gasteiger partial charge in [-0.2, -0.15) is 0 Å². The number of methoxy groups -OCH3 is 1. The Morgan fingerprint density at radius 1 is 1.27 bits per heavy atom. The van der Waals surface area contributed by atoms with Crippen molar-refractivity contribution in [2.45, 2.75) is 18.3 Å². The highest BCUT2D eigenvalue weighted by atomic mass is 79.9. The molecule has 0 bridgehead atoms. The maximum Gasteiger partial charge on any atom is 0.311 e. The monoisotopic (exact) mass is 420 g/mol. The van der Waals surface area contributed by atoms with Gasteiger partial charge >= 0.3 is 5.69 Å². The van der Waals surface area contributed by atoms with Crippen molar-refractivity contribution >= 4 is 27.3 Å². The second kappa shape index (κ2) is 8.05. The topological polar surface area (TPSA) is 73.6 Å². The SMILES string of the molecule is COc1cc(NCC2(c3cccc(Br)c3)CCOCC2)ccc1[N+](=O)[O-]. The largest absolute Gasteiger partial charge is 0.490 e. The Morgan fingerprint density at radius 3 is 2.69 bits per heavy atom. The normalized spacial score (nSPS) is 16.1. The minimum Gasteiger partial charge on any atom is -0.490 e. The summed E-state index contributed by atoms with van der Waals surface area (Å²) in [6, 6.07) is 13.2. The van der Waals surface area contributed by atoms with Gasteiger partial charge in [0.25, 0.3) is 0 Å². The van der Waals surface area contributed by atoms with Gasteiger partial charge in [0, 0.05) is 47.5 Å². The minimum atomic E-state index is -0.440. The van der Waals surface area contributed by atoms with Gasteiger partial charge in [-0.3, -0.25) is 10.1 Å². The maximum atomic E-state index is 11.1. The van der Waals surface area contributed by atoms with Crippen LogP contribution in [0.4, 0.5) is 11.4 Å². The molecule has 0 spiro atoms. The van der Waals surface area contributed by atoms with Crippen molar-refractivity contribution < 1.29 is 14.4 Å². The first-order valence-electron chi connectivity index (χ1n) is 8.44. The molecule has 2 aromatic carbocycles. The van der Waals surface area contributed by atoms with Gasteiger partial charge in [0.15, 0.2) is 5.75 Å². The van der Waals surface area contributed by atoms with Crippen LogP contribution in [0.3, 0.4) is 0 Å². The Balaban J connectivity index is 1.84. The van der Waals surface area contributed by atoms with Gasteiger partial charge < -0.3 is 14.8 Å². The second-order valence-corrected chi connectivity index (χ2v) is 7.32. The van der Waals surface area contributed by atoms with E-state index < -0.39 is 4.92 Å². The van der Waals surface area contributed by atoms with Crippen molar-refractivity contribution in [2.75, 3.05) is 32.2 Å². The third-order valence-corrected chi connectivity index (χ3v) is 5.39. The molecule has 0 aromatic heterocycles. The summed E-state index contributed by atoms with van der Waals surface area (Å²) in [5.74, 6) is 0.253. The molecule has 3 rings (SSSR count). The molecule has 1 fully saturated rings. The summed E-state index contributed by atoms with van der Waals surface area (Å²) in [5, 5.41) is 14.5. The van der Waals surface area contributed by atoms with Crippen LogP contribution in [0.15, 0.2) is 46.9 Å². The lowest BCUT2D eigenvalue weighted by molar-refractivity contribution is -0.385. The predicted molar refractivity (Wildman–Crippen MR) is 104 cm³/mol. The van der Waals surface area contributed by atoms with Crippen molar-refractivity contribution in [1.29, 1.82) is 0 Å². The van der Waals surface area contributed by atoms with E-state index in [-0.39, 0.29) is 16.9 Å². The molecule has 1 aliphatic rings. The zero-order valence-corrected chi connectivity index (χ0v) is 16.1. The lowest BCUT2D eigenvalue weighted by atomic mass is 9.74. The molecule has 0 aliphatic carbocycles. The van der Waals surface area contributed by atoms with Gasteiger partial charge in [-0.05, 0) is 36.6 Å². The molecule has 2 aromatic rings. The average Bonchev–Trinajstić information content (AvgIpc) is 2.66. The fourth-order valence-corrected chi connectivity index (χ4v) is 3.76. The number of nitrogens with zero attached hydrogens (tertiary/aromatic N) is 1. The smallest absolute Gasteiger partial charge is 0.311 e. The number of nitro benzene ring substituents is 1. The van der Waals surface area contributed by atoms with Crippen LogP contribution in [0, 0.1) is 10.1 Å². The molecule has 26 heavy (non-hydrogen) atoms. The molecular weight excluding hydrogens is 400 g/mol. The minimum absolute atomic E-state index is 0.0363. The van der Waals surface area contributed by atoms with Gasteiger partial charge in [-0.1, -0.05) is 28.1 Å². The standard InChI is InChI=1S/C19H21BrN2O4/c1-25-18-12-16(5-6-17(18)22(23)24)21-13-19(7-9-26-10-8-19)14-3-2-4-15(20)11-14/h2-6,11-12,21H,7-10,13H2,1H3. The Hall–Kier alpha value is -2.12. The molecule has 0 saturated carbocycles. The first-order valence-corrected chi connectivity index (χ1v) is 9.23. The summed E-state index contributed by atoms with van der Waals surface area (Å²) in [7, 11) is 1.44. The van der Waals surface area contributed by atoms with E-state index in [0.29, 0.717) is 6.54 Å². The number of nitro groups is 1. The number of halogens is 1. The second-order valence-electron chi connectivity index (χ2n) is 6.40. The molecule has 0 amide bonds. The highest BCUT2D eigenvalue weighted by Crippen LogP contribution is 2.37. The fraction of sp³-hybridized carbons (Fsp3) is 0.368. The molecular formula is C19H21BrN2O4. The van der Waals surface area contributed by atoms with Crippen LogP contribution in [0.1, 0.15) is 18.4 Å². The zero-order valence-electron chi connectivity index (χ0n) is 14.5. The molecule has 1 saturated heterocycles. The highest BCUT2D eigenvalue weighted by Gasteiger charge is 2.34. The van der Waals surface area contributed by atoms with Crippen molar-refractivity contribution in [2.24, 2.45) is 0 Å². The summed E-state index contributed by atoms with van der Waals surface area (Å²) < 4.78 is 11.8. The number of ether oxygens (including phenoxy) is 2. The maximum absolute atomic E-state index is 11.1. The van der Waals surface area contributed by atoms with Crippen molar-refractivity contribution in [1.82, 2.24) is 0 Å². The van der Waals surface area contributed by atoms with Crippen LogP contribution in [0.5, 0.6) is 5.75 Å². The molecule has 1 heterocycles. The van der Waals surface area contributed by atoms with Crippen molar-refractivity contribution in [3.8, 4) is 5.75 Å². The Morgan fingerprint density at radius 2 is 2.04 bits per heavy atom. The molecule has 1 N–H and O–H groups in total. The van der Waals surface area contributed by atoms with E-state index >= 15 is 0 Å².